The lowest BCUT2D eigenvalue weighted by molar-refractivity contribution is -0.384. The van der Waals surface area contributed by atoms with Gasteiger partial charge >= 0.3 is 0 Å². The summed E-state index contributed by atoms with van der Waals surface area (Å²) in [5, 5.41) is 74.5. The Hall–Kier alpha value is -8.19. The average Bonchev–Trinajstić information content (AvgIpc) is 0.713. The van der Waals surface area contributed by atoms with Crippen molar-refractivity contribution in [3.63, 3.8) is 0 Å². The first-order valence-electron chi connectivity index (χ1n) is 36.9. The average molecular weight is 1440 g/mol. The van der Waals surface area contributed by atoms with E-state index in [4.69, 9.17) is 5.11 Å². The van der Waals surface area contributed by atoms with Crippen LogP contribution < -0.4 is 0 Å². The number of phenolic OH excluding ortho intramolecular Hbond substituents is 4. The highest BCUT2D eigenvalue weighted by atomic mass is 32.2. The first-order valence-corrected chi connectivity index (χ1v) is 42.6. The number of hydrogen-bond acceptors (Lipinski definition) is 14. The van der Waals surface area contributed by atoms with E-state index in [1.54, 1.807) is 48.5 Å². The van der Waals surface area contributed by atoms with Gasteiger partial charge in [0.2, 0.25) is 0 Å². The minimum absolute atomic E-state index is 0.0242. The summed E-state index contributed by atoms with van der Waals surface area (Å²) in [7, 11) is -10.3. The van der Waals surface area contributed by atoms with E-state index in [1.165, 1.54) is 43.0 Å². The van der Waals surface area contributed by atoms with Crippen molar-refractivity contribution in [2.24, 2.45) is 45.7 Å². The summed E-state index contributed by atoms with van der Waals surface area (Å²) in [6.45, 7) is 0. The lowest BCUT2D eigenvalue weighted by atomic mass is 9.41. The van der Waals surface area contributed by atoms with Crippen LogP contribution in [0, 0.1) is 45.6 Å². The number of fused-ring (bicyclic) bond motifs is 8. The molecule has 12 saturated carbocycles. The molecule has 0 amide bonds. The monoisotopic (exact) mass is 1440 g/mol. The minimum atomic E-state index is -3.44. The largest absolute Gasteiger partial charge is 0.507 e. The first-order chi connectivity index (χ1) is 48.9. The predicted octanol–water partition coefficient (Wildman–Crippen LogP) is 17.1. The molecule has 8 aromatic carbocycles. The van der Waals surface area contributed by atoms with Crippen molar-refractivity contribution in [2.75, 3.05) is 18.8 Å². The Labute approximate surface area is 602 Å². The zero-order chi connectivity index (χ0) is 71.3. The Kier molecular flexibility index (Phi) is 15.0. The molecule has 12 atom stereocenters. The van der Waals surface area contributed by atoms with Gasteiger partial charge in [0.15, 0.2) is 29.5 Å². The second-order valence-electron chi connectivity index (χ2n) is 34.7. The van der Waals surface area contributed by atoms with Gasteiger partial charge in [-0.1, -0.05) is 72.8 Å². The second kappa shape index (κ2) is 23.2. The molecule has 20 bridgehead atoms. The molecular formula is C85H87N3O12S3. The molecule has 18 heteroatoms. The Morgan fingerprint density at radius 3 is 0.786 bits per heavy atom. The summed E-state index contributed by atoms with van der Waals surface area (Å²) in [6, 6.07) is 45.3. The lowest BCUT2D eigenvalue weighted by Gasteiger charge is -2.63. The van der Waals surface area contributed by atoms with E-state index in [2.05, 4.69) is 41.5 Å². The van der Waals surface area contributed by atoms with Crippen molar-refractivity contribution in [1.82, 2.24) is 0 Å². The summed E-state index contributed by atoms with van der Waals surface area (Å²) in [5.41, 5.74) is 10.4. The molecule has 13 aliphatic carbocycles. The number of nitrogens with zero attached hydrogens (tertiary/aromatic N) is 3. The van der Waals surface area contributed by atoms with E-state index in [-0.39, 0.29) is 96.6 Å². The van der Waals surface area contributed by atoms with Gasteiger partial charge in [0, 0.05) is 67.7 Å². The van der Waals surface area contributed by atoms with Gasteiger partial charge in [-0.15, -0.1) is 0 Å². The standard InChI is InChI=1S/C85H87N3O12S3/c1-101(95,96)73-14-4-64(5-15-73)80-35-50-20-51(36-80)42-83(41-50,47-80)67-27-56-23-58-29-68(84-43-52-21-53(44-84)38-81(37-52,48-84)65-6-16-74(17-7-65)102(2,97)98)31-60(77(58)90)25-62-33-71(87-86-70-10-12-72(13-11-70)88(93)94)34-63(79(62)92)26-61-32-69(30-59(78(61)91)24-57(28-67)76(56)89)85-45-54-22-55(46-85)40-82(39-54,49-85)66-8-18-75(19-9-66)103(3,99)100/h4-19,27-34,50-55,89-92H,20-26,35-49H2,1-3H3/t50-,51+,52-,53+,54-,55+,80?,81?,82?,83?,84?,85?. The van der Waals surface area contributed by atoms with Crippen LogP contribution in [0.2, 0.25) is 0 Å². The third-order valence-electron chi connectivity index (χ3n) is 27.6. The van der Waals surface area contributed by atoms with Gasteiger partial charge in [-0.2, -0.15) is 10.2 Å². The highest BCUT2D eigenvalue weighted by molar-refractivity contribution is 7.91. The van der Waals surface area contributed by atoms with Crippen LogP contribution in [0.3, 0.4) is 0 Å². The van der Waals surface area contributed by atoms with Crippen LogP contribution in [0.25, 0.3) is 0 Å². The van der Waals surface area contributed by atoms with Crippen LogP contribution in [-0.2, 0) is 87.7 Å². The van der Waals surface area contributed by atoms with Crippen molar-refractivity contribution < 1.29 is 50.6 Å². The normalized spacial score (nSPS) is 30.9. The number of aromatic hydroxyl groups is 4. The quantitative estimate of drug-likeness (QED) is 0.0506. The van der Waals surface area contributed by atoms with E-state index < -0.39 is 34.4 Å². The number of phenols is 4. The fraction of sp³-hybridized carbons (Fsp3) is 0.435. The van der Waals surface area contributed by atoms with Gasteiger partial charge < -0.3 is 20.4 Å². The predicted molar refractivity (Wildman–Crippen MR) is 394 cm³/mol. The molecule has 12 fully saturated rings. The molecule has 0 radical (unpaired) electrons. The highest BCUT2D eigenvalue weighted by Gasteiger charge is 2.62. The molecule has 532 valence electrons. The topological polar surface area (TPSA) is 251 Å². The molecule has 13 aliphatic rings. The van der Waals surface area contributed by atoms with Gasteiger partial charge in [0.25, 0.3) is 5.69 Å². The van der Waals surface area contributed by atoms with Crippen LogP contribution in [-0.4, -0.2) is 69.4 Å². The second-order valence-corrected chi connectivity index (χ2v) is 40.7. The molecule has 0 heterocycles. The van der Waals surface area contributed by atoms with Crippen molar-refractivity contribution in [1.29, 1.82) is 0 Å². The van der Waals surface area contributed by atoms with Crippen LogP contribution in [0.4, 0.5) is 17.1 Å². The Morgan fingerprint density at radius 2 is 0.553 bits per heavy atom. The summed E-state index contributed by atoms with van der Waals surface area (Å²) >= 11 is 0. The number of azo groups is 1. The molecule has 8 aromatic rings. The molecule has 21 rings (SSSR count). The van der Waals surface area contributed by atoms with Gasteiger partial charge in [-0.25, -0.2) is 25.3 Å². The fourth-order valence-corrected chi connectivity index (χ4v) is 26.5. The highest BCUT2D eigenvalue weighted by Crippen LogP contribution is 2.70. The smallest absolute Gasteiger partial charge is 0.269 e. The molecule has 6 unspecified atom stereocenters. The number of benzene rings is 8. The number of nitro benzene ring substituents is 1. The summed E-state index contributed by atoms with van der Waals surface area (Å²) in [6.07, 6.45) is 21.6. The van der Waals surface area contributed by atoms with E-state index >= 15 is 0 Å². The van der Waals surface area contributed by atoms with Gasteiger partial charge in [-0.3, -0.25) is 10.1 Å². The SMILES string of the molecule is CS(=O)(=O)c1ccc(C23C[C@H]4C[C@@H](C2)CC(c2cc5c(O)c(c2)Cc2cc(C67C[C@@H]8C[C@@H](CC(c9ccc(S(C)(=O)=O)cc9)(C8)C6)C7)cc(c2O)Cc2cc(C67C[C@@H]8C[C@@H](CC(c9ccc(S(C)(=O)=O)cc9)(C8)C6)C7)cc(c2O)Cc2cc(N=Nc6ccc([N+](=O)[O-])cc6)cc(c2O)C5)(C4)C3)cc1. The molecule has 0 saturated heterocycles. The first kappa shape index (κ1) is 66.7. The fourth-order valence-electron chi connectivity index (χ4n) is 24.6. The van der Waals surface area contributed by atoms with Gasteiger partial charge in [0.05, 0.1) is 31.0 Å². The van der Waals surface area contributed by atoms with Crippen LogP contribution in [0.15, 0.2) is 171 Å². The van der Waals surface area contributed by atoms with E-state index in [9.17, 15) is 55.8 Å². The summed E-state index contributed by atoms with van der Waals surface area (Å²) < 4.78 is 77.1. The van der Waals surface area contributed by atoms with Crippen LogP contribution >= 0.6 is 0 Å². The molecule has 0 aromatic heterocycles. The molecule has 103 heavy (non-hydrogen) atoms. The number of rotatable bonds is 12. The molecule has 0 spiro atoms. The Balaban J connectivity index is 0.827. The third kappa shape index (κ3) is 11.3. The van der Waals surface area contributed by atoms with Gasteiger partial charge in [0.1, 0.15) is 23.0 Å². The number of sulfone groups is 3. The lowest BCUT2D eigenvalue weighted by Crippen LogP contribution is -2.56. The summed E-state index contributed by atoms with van der Waals surface area (Å²) in [4.78, 5) is 12.1. The van der Waals surface area contributed by atoms with E-state index in [1.807, 2.05) is 36.4 Å². The van der Waals surface area contributed by atoms with Crippen molar-refractivity contribution in [3.05, 3.63) is 234 Å². The Bertz CT molecular complexity index is 5030. The number of hydrogen-bond donors (Lipinski definition) is 4. The van der Waals surface area contributed by atoms with E-state index in [0.717, 1.165) is 149 Å². The van der Waals surface area contributed by atoms with Crippen LogP contribution in [0.1, 0.15) is 193 Å². The van der Waals surface area contributed by atoms with Gasteiger partial charge in [-0.05, 0) is 311 Å². The number of nitro groups is 1. The zero-order valence-corrected chi connectivity index (χ0v) is 60.9. The number of non-ortho nitro benzene ring substituents is 1. The molecule has 0 aliphatic heterocycles. The third-order valence-corrected chi connectivity index (χ3v) is 31.0. The maximum Gasteiger partial charge on any atom is 0.269 e. The maximum atomic E-state index is 13.6. The molecular weight excluding hydrogens is 1350 g/mol. The minimum Gasteiger partial charge on any atom is -0.507 e. The molecule has 4 N–H and O–H groups in total. The molecule has 15 nitrogen and oxygen atoms in total. The maximum absolute atomic E-state index is 13.6. The van der Waals surface area contributed by atoms with Crippen molar-refractivity contribution >= 4 is 46.6 Å². The Morgan fingerprint density at radius 1 is 0.330 bits per heavy atom. The van der Waals surface area contributed by atoms with Crippen molar-refractivity contribution in [2.45, 2.75) is 188 Å². The van der Waals surface area contributed by atoms with E-state index in [0.29, 0.717) is 96.3 Å². The zero-order valence-electron chi connectivity index (χ0n) is 58.5. The van der Waals surface area contributed by atoms with Crippen LogP contribution in [0.5, 0.6) is 23.0 Å². The summed E-state index contributed by atoms with van der Waals surface area (Å²) in [5.74, 6) is 2.60. The van der Waals surface area contributed by atoms with Crippen molar-refractivity contribution in [3.8, 4) is 23.0 Å².